The zero-order valence-electron chi connectivity index (χ0n) is 9.03. The molecular formula is C13H14BrNO. The summed E-state index contributed by atoms with van der Waals surface area (Å²) in [6.45, 7) is 0.836. The van der Waals surface area contributed by atoms with Crippen LogP contribution in [0.2, 0.25) is 0 Å². The molecule has 1 unspecified atom stereocenters. The van der Waals surface area contributed by atoms with Gasteiger partial charge in [0.15, 0.2) is 0 Å². The third-order valence-corrected chi connectivity index (χ3v) is 4.22. The lowest BCUT2D eigenvalue weighted by molar-refractivity contribution is -0.116. The lowest BCUT2D eigenvalue weighted by Crippen LogP contribution is -2.27. The predicted octanol–water partition coefficient (Wildman–Crippen LogP) is 3.06. The van der Waals surface area contributed by atoms with Gasteiger partial charge in [-0.1, -0.05) is 28.1 Å². The molecule has 1 aliphatic carbocycles. The Kier molecular flexibility index (Phi) is 2.51. The highest BCUT2D eigenvalue weighted by molar-refractivity contribution is 9.10. The Morgan fingerprint density at radius 2 is 2.06 bits per heavy atom. The largest absolute Gasteiger partial charge is 0.311 e. The maximum Gasteiger partial charge on any atom is 0.240 e. The third-order valence-electron chi connectivity index (χ3n) is 3.37. The molecule has 2 nitrogen and oxygen atoms in total. The van der Waals surface area contributed by atoms with Crippen LogP contribution in [0.4, 0.5) is 5.69 Å². The maximum atomic E-state index is 11.9. The van der Waals surface area contributed by atoms with Gasteiger partial charge in [0.25, 0.3) is 0 Å². The molecule has 1 aliphatic heterocycles. The van der Waals surface area contributed by atoms with Crippen LogP contribution in [0, 0.1) is 0 Å². The summed E-state index contributed by atoms with van der Waals surface area (Å²) in [6.07, 6.45) is 3.52. The minimum absolute atomic E-state index is 0.0112. The first-order chi connectivity index (χ1) is 7.75. The second-order valence-corrected chi connectivity index (χ2v) is 5.72. The molecule has 0 aromatic heterocycles. The molecule has 1 aromatic carbocycles. The number of hydrogen-bond acceptors (Lipinski definition) is 1. The van der Waals surface area contributed by atoms with Gasteiger partial charge < -0.3 is 4.90 Å². The minimum Gasteiger partial charge on any atom is -0.311 e. The molecule has 1 amide bonds. The predicted molar refractivity (Wildman–Crippen MR) is 68.1 cm³/mol. The number of halogens is 1. The number of hydrogen-bond donors (Lipinski definition) is 0. The van der Waals surface area contributed by atoms with E-state index in [0.717, 1.165) is 24.6 Å². The highest BCUT2D eigenvalue weighted by Gasteiger charge is 2.31. The van der Waals surface area contributed by atoms with E-state index in [1.807, 2.05) is 11.0 Å². The van der Waals surface area contributed by atoms with Crippen LogP contribution in [0.25, 0.3) is 0 Å². The van der Waals surface area contributed by atoms with E-state index in [2.05, 4.69) is 34.1 Å². The standard InChI is InChI=1S/C13H14BrNO/c14-12-6-7-15(13(12)16)11-3-1-2-10(8-11)9-4-5-9/h1-3,8-9,12H,4-7H2. The summed E-state index contributed by atoms with van der Waals surface area (Å²) >= 11 is 3.41. The van der Waals surface area contributed by atoms with E-state index < -0.39 is 0 Å². The van der Waals surface area contributed by atoms with Crippen molar-refractivity contribution in [1.82, 2.24) is 0 Å². The van der Waals surface area contributed by atoms with Gasteiger partial charge in [0.1, 0.15) is 0 Å². The molecule has 84 valence electrons. The van der Waals surface area contributed by atoms with Crippen LogP contribution in [0.1, 0.15) is 30.7 Å². The number of rotatable bonds is 2. The summed E-state index contributed by atoms with van der Waals surface area (Å²) in [5, 5.41) is 0. The molecular weight excluding hydrogens is 266 g/mol. The number of carbonyl (C=O) groups excluding carboxylic acids is 1. The number of benzene rings is 1. The molecule has 2 fully saturated rings. The summed E-state index contributed by atoms with van der Waals surface area (Å²) in [4.78, 5) is 13.8. The average Bonchev–Trinajstić information content (AvgIpc) is 3.08. The molecule has 3 rings (SSSR count). The number of carbonyl (C=O) groups is 1. The highest BCUT2D eigenvalue weighted by atomic mass is 79.9. The van der Waals surface area contributed by atoms with Crippen LogP contribution in [0.3, 0.4) is 0 Å². The first-order valence-electron chi connectivity index (χ1n) is 5.81. The van der Waals surface area contributed by atoms with Crippen molar-refractivity contribution in [1.29, 1.82) is 0 Å². The minimum atomic E-state index is 0.0112. The van der Waals surface area contributed by atoms with Gasteiger partial charge in [-0.3, -0.25) is 4.79 Å². The van der Waals surface area contributed by atoms with Gasteiger partial charge in [0.05, 0.1) is 4.83 Å². The van der Waals surface area contributed by atoms with Crippen LogP contribution in [0.15, 0.2) is 24.3 Å². The van der Waals surface area contributed by atoms with Crippen LogP contribution < -0.4 is 4.90 Å². The van der Waals surface area contributed by atoms with Gasteiger partial charge in [0.2, 0.25) is 5.91 Å². The maximum absolute atomic E-state index is 11.9. The molecule has 1 heterocycles. The van der Waals surface area contributed by atoms with E-state index in [1.54, 1.807) is 0 Å². The molecule has 1 atom stereocenters. The van der Waals surface area contributed by atoms with Crippen molar-refractivity contribution in [3.63, 3.8) is 0 Å². The van der Waals surface area contributed by atoms with E-state index >= 15 is 0 Å². The van der Waals surface area contributed by atoms with Crippen LogP contribution in [-0.2, 0) is 4.79 Å². The van der Waals surface area contributed by atoms with Crippen molar-refractivity contribution in [3.05, 3.63) is 29.8 Å². The van der Waals surface area contributed by atoms with E-state index in [-0.39, 0.29) is 10.7 Å². The van der Waals surface area contributed by atoms with Gasteiger partial charge >= 0.3 is 0 Å². The van der Waals surface area contributed by atoms with Gasteiger partial charge in [0, 0.05) is 12.2 Å². The molecule has 1 saturated carbocycles. The number of amides is 1. The Labute approximate surface area is 104 Å². The number of anilines is 1. The molecule has 3 heteroatoms. The molecule has 16 heavy (non-hydrogen) atoms. The first kappa shape index (κ1) is 10.3. The second kappa shape index (κ2) is 3.88. The van der Waals surface area contributed by atoms with Crippen molar-refractivity contribution < 1.29 is 4.79 Å². The topological polar surface area (TPSA) is 20.3 Å². The molecule has 1 aromatic rings. The fourth-order valence-electron chi connectivity index (χ4n) is 2.26. The van der Waals surface area contributed by atoms with E-state index in [9.17, 15) is 4.79 Å². The second-order valence-electron chi connectivity index (χ2n) is 4.62. The van der Waals surface area contributed by atoms with E-state index in [4.69, 9.17) is 0 Å². The van der Waals surface area contributed by atoms with Crippen LogP contribution in [-0.4, -0.2) is 17.3 Å². The zero-order chi connectivity index (χ0) is 11.1. The van der Waals surface area contributed by atoms with Gasteiger partial charge in [-0.15, -0.1) is 0 Å². The van der Waals surface area contributed by atoms with Crippen molar-refractivity contribution in [2.24, 2.45) is 0 Å². The Balaban J connectivity index is 1.88. The van der Waals surface area contributed by atoms with Crippen molar-refractivity contribution in [2.45, 2.75) is 30.0 Å². The molecule has 1 saturated heterocycles. The smallest absolute Gasteiger partial charge is 0.240 e. The van der Waals surface area contributed by atoms with Gasteiger partial charge in [-0.25, -0.2) is 0 Å². The summed E-state index contributed by atoms with van der Waals surface area (Å²) in [5.41, 5.74) is 2.46. The first-order valence-corrected chi connectivity index (χ1v) is 6.72. The summed E-state index contributed by atoms with van der Waals surface area (Å²) in [7, 11) is 0. The normalized spacial score (nSPS) is 25.2. The van der Waals surface area contributed by atoms with E-state index in [0.29, 0.717) is 0 Å². The van der Waals surface area contributed by atoms with Crippen molar-refractivity contribution in [2.75, 3.05) is 11.4 Å². The molecule has 0 N–H and O–H groups in total. The van der Waals surface area contributed by atoms with Gasteiger partial charge in [-0.05, 0) is 42.9 Å². The summed E-state index contributed by atoms with van der Waals surface area (Å²) in [6, 6.07) is 8.46. The lowest BCUT2D eigenvalue weighted by Gasteiger charge is -2.16. The van der Waals surface area contributed by atoms with Crippen molar-refractivity contribution >= 4 is 27.5 Å². The fourth-order valence-corrected chi connectivity index (χ4v) is 2.72. The summed E-state index contributed by atoms with van der Waals surface area (Å²) in [5.74, 6) is 0.949. The average molecular weight is 280 g/mol. The van der Waals surface area contributed by atoms with Crippen molar-refractivity contribution in [3.8, 4) is 0 Å². The zero-order valence-corrected chi connectivity index (χ0v) is 10.6. The fraction of sp³-hybridized carbons (Fsp3) is 0.462. The molecule has 0 radical (unpaired) electrons. The highest BCUT2D eigenvalue weighted by Crippen LogP contribution is 2.41. The Bertz CT molecular complexity index is 428. The number of alkyl halides is 1. The van der Waals surface area contributed by atoms with Crippen LogP contribution in [0.5, 0.6) is 0 Å². The number of nitrogens with zero attached hydrogens (tertiary/aromatic N) is 1. The Hall–Kier alpha value is -0.830. The Morgan fingerprint density at radius 3 is 2.69 bits per heavy atom. The summed E-state index contributed by atoms with van der Waals surface area (Å²) < 4.78 is 0. The third kappa shape index (κ3) is 1.77. The molecule has 0 bridgehead atoms. The Morgan fingerprint density at radius 1 is 1.25 bits per heavy atom. The monoisotopic (exact) mass is 279 g/mol. The van der Waals surface area contributed by atoms with E-state index in [1.165, 1.54) is 18.4 Å². The molecule has 2 aliphatic rings. The lowest BCUT2D eigenvalue weighted by atomic mass is 10.1. The molecule has 0 spiro atoms. The van der Waals surface area contributed by atoms with Crippen LogP contribution >= 0.6 is 15.9 Å². The SMILES string of the molecule is O=C1C(Br)CCN1c1cccc(C2CC2)c1. The quantitative estimate of drug-likeness (QED) is 0.762. The van der Waals surface area contributed by atoms with Gasteiger partial charge in [-0.2, -0.15) is 0 Å².